The van der Waals surface area contributed by atoms with Gasteiger partial charge in [0.05, 0.1) is 16.6 Å². The van der Waals surface area contributed by atoms with Crippen LogP contribution in [0.1, 0.15) is 21.7 Å². The van der Waals surface area contributed by atoms with E-state index in [0.717, 1.165) is 22.4 Å². The van der Waals surface area contributed by atoms with Gasteiger partial charge in [-0.05, 0) is 54.1 Å². The van der Waals surface area contributed by atoms with Gasteiger partial charge < -0.3 is 20.3 Å². The van der Waals surface area contributed by atoms with Gasteiger partial charge in [0.25, 0.3) is 0 Å². The molecule has 4 aromatic rings. The lowest BCUT2D eigenvalue weighted by atomic mass is 10.2. The summed E-state index contributed by atoms with van der Waals surface area (Å²) in [5.41, 5.74) is 3.18. The Labute approximate surface area is 183 Å². The standard InChI is InChI=1S/C24H21FN4O3/c25-18-9-5-16(6-10-18)15-29(14-13-22-27-20-3-1-2-4-21(20)28-22)24(32)26-19-11-7-17(8-12-19)23(30)31/h1-12H,13-15H2,(H,26,32)(H,27,28)(H,30,31). The van der Waals surface area contributed by atoms with Crippen molar-refractivity contribution in [3.63, 3.8) is 0 Å². The minimum absolute atomic E-state index is 0.135. The number of halogens is 1. The van der Waals surface area contributed by atoms with Crippen LogP contribution in [-0.2, 0) is 13.0 Å². The van der Waals surface area contributed by atoms with Crippen LogP contribution in [0.5, 0.6) is 0 Å². The number of para-hydroxylation sites is 2. The Hall–Kier alpha value is -4.20. The van der Waals surface area contributed by atoms with Crippen molar-refractivity contribution in [1.82, 2.24) is 14.9 Å². The molecule has 7 nitrogen and oxygen atoms in total. The molecule has 4 rings (SSSR count). The Morgan fingerprint density at radius 1 is 1.00 bits per heavy atom. The molecule has 0 spiro atoms. The summed E-state index contributed by atoms with van der Waals surface area (Å²) in [5, 5.41) is 11.8. The lowest BCUT2D eigenvalue weighted by Gasteiger charge is -2.23. The molecule has 0 saturated heterocycles. The summed E-state index contributed by atoms with van der Waals surface area (Å²) >= 11 is 0. The van der Waals surface area contributed by atoms with Gasteiger partial charge in [-0.1, -0.05) is 24.3 Å². The van der Waals surface area contributed by atoms with Gasteiger partial charge in [-0.3, -0.25) is 0 Å². The normalized spacial score (nSPS) is 10.8. The fraction of sp³-hybridized carbons (Fsp3) is 0.125. The highest BCUT2D eigenvalue weighted by Gasteiger charge is 2.16. The van der Waals surface area contributed by atoms with Crippen LogP contribution >= 0.6 is 0 Å². The number of amides is 2. The SMILES string of the molecule is O=C(O)c1ccc(NC(=O)N(CCc2nc3ccccc3[nH]2)Cc2ccc(F)cc2)cc1. The maximum absolute atomic E-state index is 13.3. The van der Waals surface area contributed by atoms with Crippen LogP contribution in [-0.4, -0.2) is 38.5 Å². The third-order valence-corrected chi connectivity index (χ3v) is 5.01. The van der Waals surface area contributed by atoms with E-state index in [1.54, 1.807) is 17.0 Å². The predicted molar refractivity (Wildman–Crippen MR) is 119 cm³/mol. The Balaban J connectivity index is 1.49. The predicted octanol–water partition coefficient (Wildman–Crippen LogP) is 4.68. The van der Waals surface area contributed by atoms with Crippen LogP contribution < -0.4 is 5.32 Å². The number of hydrogen-bond donors (Lipinski definition) is 3. The molecule has 1 heterocycles. The number of hydrogen-bond acceptors (Lipinski definition) is 3. The zero-order chi connectivity index (χ0) is 22.5. The molecule has 162 valence electrons. The van der Waals surface area contributed by atoms with Crippen molar-refractivity contribution in [1.29, 1.82) is 0 Å². The molecular formula is C24H21FN4O3. The summed E-state index contributed by atoms with van der Waals surface area (Å²) in [4.78, 5) is 33.4. The van der Waals surface area contributed by atoms with E-state index < -0.39 is 5.97 Å². The lowest BCUT2D eigenvalue weighted by Crippen LogP contribution is -2.36. The van der Waals surface area contributed by atoms with Crippen molar-refractivity contribution in [2.75, 3.05) is 11.9 Å². The van der Waals surface area contributed by atoms with E-state index in [9.17, 15) is 14.0 Å². The number of carboxylic acid groups (broad SMARTS) is 1. The fourth-order valence-corrected chi connectivity index (χ4v) is 3.33. The third-order valence-electron chi connectivity index (χ3n) is 5.01. The summed E-state index contributed by atoms with van der Waals surface area (Å²) in [5.74, 6) is -0.619. The maximum Gasteiger partial charge on any atom is 0.335 e. The molecule has 0 bridgehead atoms. The highest BCUT2D eigenvalue weighted by atomic mass is 19.1. The van der Waals surface area contributed by atoms with E-state index in [1.165, 1.54) is 36.4 Å². The van der Waals surface area contributed by atoms with Crippen LogP contribution in [0.4, 0.5) is 14.9 Å². The fourth-order valence-electron chi connectivity index (χ4n) is 3.33. The van der Waals surface area contributed by atoms with Crippen molar-refractivity contribution in [2.24, 2.45) is 0 Å². The Bertz CT molecular complexity index is 1200. The number of H-pyrrole nitrogens is 1. The number of anilines is 1. The van der Waals surface area contributed by atoms with Gasteiger partial charge in [-0.25, -0.2) is 19.0 Å². The number of aromatic nitrogens is 2. The zero-order valence-corrected chi connectivity index (χ0v) is 17.1. The van der Waals surface area contributed by atoms with Gasteiger partial charge in [-0.2, -0.15) is 0 Å². The molecule has 2 amide bonds. The molecule has 0 saturated carbocycles. The molecule has 0 radical (unpaired) electrons. The first-order valence-electron chi connectivity index (χ1n) is 10.1. The molecule has 0 aliphatic heterocycles. The van der Waals surface area contributed by atoms with Crippen LogP contribution in [0.25, 0.3) is 11.0 Å². The second-order valence-electron chi connectivity index (χ2n) is 7.31. The van der Waals surface area contributed by atoms with Crippen LogP contribution in [0.2, 0.25) is 0 Å². The summed E-state index contributed by atoms with van der Waals surface area (Å²) in [6.45, 7) is 0.649. The number of benzene rings is 3. The number of aromatic carboxylic acids is 1. The second kappa shape index (κ2) is 9.30. The number of carbonyl (C=O) groups is 2. The van der Waals surface area contributed by atoms with Gasteiger partial charge in [0.2, 0.25) is 0 Å². The summed E-state index contributed by atoms with van der Waals surface area (Å²) in [6.07, 6.45) is 0.501. The first kappa shape index (κ1) is 21.0. The Morgan fingerprint density at radius 3 is 2.41 bits per heavy atom. The van der Waals surface area contributed by atoms with Crippen LogP contribution in [0.15, 0.2) is 72.8 Å². The average Bonchev–Trinajstić information content (AvgIpc) is 3.21. The molecule has 0 atom stereocenters. The number of imidazole rings is 1. The average molecular weight is 432 g/mol. The molecule has 3 aromatic carbocycles. The van der Waals surface area contributed by atoms with E-state index in [4.69, 9.17) is 5.11 Å². The summed E-state index contributed by atoms with van der Waals surface area (Å²) < 4.78 is 13.3. The van der Waals surface area contributed by atoms with Gasteiger partial charge in [0.1, 0.15) is 11.6 Å². The number of urea groups is 1. The van der Waals surface area contributed by atoms with Crippen molar-refractivity contribution in [3.05, 3.63) is 95.6 Å². The first-order valence-corrected chi connectivity index (χ1v) is 10.1. The molecule has 0 unspecified atom stereocenters. The molecule has 8 heteroatoms. The molecule has 32 heavy (non-hydrogen) atoms. The van der Waals surface area contributed by atoms with E-state index in [2.05, 4.69) is 15.3 Å². The van der Waals surface area contributed by atoms with E-state index >= 15 is 0 Å². The van der Waals surface area contributed by atoms with Crippen LogP contribution in [0, 0.1) is 5.82 Å². The molecule has 3 N–H and O–H groups in total. The van der Waals surface area contributed by atoms with E-state index in [0.29, 0.717) is 18.7 Å². The third kappa shape index (κ3) is 5.10. The minimum atomic E-state index is -1.04. The number of nitrogens with one attached hydrogen (secondary N) is 2. The van der Waals surface area contributed by atoms with Crippen molar-refractivity contribution >= 4 is 28.7 Å². The van der Waals surface area contributed by atoms with Gasteiger partial charge >= 0.3 is 12.0 Å². The smallest absolute Gasteiger partial charge is 0.335 e. The molecule has 0 aliphatic rings. The van der Waals surface area contributed by atoms with Crippen molar-refractivity contribution in [3.8, 4) is 0 Å². The zero-order valence-electron chi connectivity index (χ0n) is 17.1. The van der Waals surface area contributed by atoms with E-state index in [-0.39, 0.29) is 24.0 Å². The first-order chi connectivity index (χ1) is 15.5. The monoisotopic (exact) mass is 432 g/mol. The largest absolute Gasteiger partial charge is 0.478 e. The van der Waals surface area contributed by atoms with Gasteiger partial charge in [-0.15, -0.1) is 0 Å². The number of aromatic amines is 1. The molecule has 0 aliphatic carbocycles. The number of carboxylic acids is 1. The number of rotatable bonds is 7. The Kier molecular flexibility index (Phi) is 6.12. The number of carbonyl (C=O) groups excluding carboxylic acids is 1. The molecular weight excluding hydrogens is 411 g/mol. The summed E-state index contributed by atoms with van der Waals surface area (Å²) in [6, 6.07) is 19.3. The molecule has 0 fully saturated rings. The van der Waals surface area contributed by atoms with Gasteiger partial charge in [0.15, 0.2) is 0 Å². The van der Waals surface area contributed by atoms with E-state index in [1.807, 2.05) is 24.3 Å². The van der Waals surface area contributed by atoms with Gasteiger partial charge in [0, 0.05) is 25.2 Å². The van der Waals surface area contributed by atoms with Crippen LogP contribution in [0.3, 0.4) is 0 Å². The topological polar surface area (TPSA) is 98.3 Å². The second-order valence-corrected chi connectivity index (χ2v) is 7.31. The number of nitrogens with zero attached hydrogens (tertiary/aromatic N) is 2. The quantitative estimate of drug-likeness (QED) is 0.395. The molecule has 1 aromatic heterocycles. The summed E-state index contributed by atoms with van der Waals surface area (Å²) in [7, 11) is 0. The lowest BCUT2D eigenvalue weighted by molar-refractivity contribution is 0.0697. The minimum Gasteiger partial charge on any atom is -0.478 e. The van der Waals surface area contributed by atoms with Crippen molar-refractivity contribution < 1.29 is 19.1 Å². The highest BCUT2D eigenvalue weighted by molar-refractivity contribution is 5.91. The highest BCUT2D eigenvalue weighted by Crippen LogP contribution is 2.15. The Morgan fingerprint density at radius 2 is 1.72 bits per heavy atom. The maximum atomic E-state index is 13.3. The number of fused-ring (bicyclic) bond motifs is 1. The van der Waals surface area contributed by atoms with Crippen molar-refractivity contribution in [2.45, 2.75) is 13.0 Å².